The zero-order chi connectivity index (χ0) is 10.8. The Morgan fingerprint density at radius 2 is 1.57 bits per heavy atom. The third-order valence-corrected chi connectivity index (χ3v) is 2.35. The lowest BCUT2D eigenvalue weighted by molar-refractivity contribution is 0.524. The van der Waals surface area contributed by atoms with Crippen molar-refractivity contribution in [3.63, 3.8) is 0 Å². The van der Waals surface area contributed by atoms with Crippen molar-refractivity contribution in [3.05, 3.63) is 60.7 Å². The molecule has 1 aromatic rings. The molecule has 0 amide bonds. The number of benzene rings is 1. The summed E-state index contributed by atoms with van der Waals surface area (Å²) < 4.78 is 26.8. The first-order valence-corrected chi connectivity index (χ1v) is 4.27. The van der Waals surface area contributed by atoms with E-state index in [1.54, 1.807) is 6.92 Å². The summed E-state index contributed by atoms with van der Waals surface area (Å²) in [6.45, 7) is 8.78. The van der Waals surface area contributed by atoms with Crippen LogP contribution in [0, 0.1) is 11.6 Å². The molecule has 14 heavy (non-hydrogen) atoms. The van der Waals surface area contributed by atoms with Crippen molar-refractivity contribution in [3.8, 4) is 0 Å². The van der Waals surface area contributed by atoms with Gasteiger partial charge in [0.15, 0.2) is 0 Å². The molecule has 0 aliphatic carbocycles. The highest BCUT2D eigenvalue weighted by atomic mass is 19.1. The maximum atomic E-state index is 13.4. The van der Waals surface area contributed by atoms with Gasteiger partial charge in [-0.2, -0.15) is 0 Å². The van der Waals surface area contributed by atoms with Crippen LogP contribution in [0.1, 0.15) is 12.5 Å². The molecule has 0 bridgehead atoms. The molecule has 0 nitrogen and oxygen atoms in total. The second kappa shape index (κ2) is 3.74. The summed E-state index contributed by atoms with van der Waals surface area (Å²) in [5.74, 6) is -1.15. The minimum absolute atomic E-state index is 0.00926. The Hall–Kier alpha value is -1.44. The number of allylic oxidation sites excluding steroid dienone is 2. The fourth-order valence-electron chi connectivity index (χ4n) is 1.30. The molecule has 0 aliphatic rings. The zero-order valence-corrected chi connectivity index (χ0v) is 8.06. The number of hydrogen-bond donors (Lipinski definition) is 0. The lowest BCUT2D eigenvalue weighted by Gasteiger charge is -2.22. The molecule has 0 N–H and O–H groups in total. The van der Waals surface area contributed by atoms with E-state index in [2.05, 4.69) is 13.2 Å². The van der Waals surface area contributed by atoms with Crippen LogP contribution in [0.5, 0.6) is 0 Å². The fourth-order valence-corrected chi connectivity index (χ4v) is 1.30. The van der Waals surface area contributed by atoms with E-state index in [0.29, 0.717) is 0 Å². The number of rotatable bonds is 3. The maximum Gasteiger partial charge on any atom is 0.130 e. The van der Waals surface area contributed by atoms with Crippen LogP contribution in [0.3, 0.4) is 0 Å². The highest BCUT2D eigenvalue weighted by Crippen LogP contribution is 2.30. The Morgan fingerprint density at radius 1 is 1.14 bits per heavy atom. The van der Waals surface area contributed by atoms with Crippen molar-refractivity contribution < 1.29 is 8.78 Å². The molecule has 0 spiro atoms. The van der Waals surface area contributed by atoms with Gasteiger partial charge < -0.3 is 0 Å². The van der Waals surface area contributed by atoms with Gasteiger partial charge in [0, 0.05) is 11.0 Å². The van der Waals surface area contributed by atoms with Crippen LogP contribution >= 0.6 is 0 Å². The molecule has 2 heteroatoms. The number of halogens is 2. The highest BCUT2D eigenvalue weighted by Gasteiger charge is 2.26. The largest absolute Gasteiger partial charge is 0.207 e. The minimum atomic E-state index is -0.866. The molecular weight excluding hydrogens is 182 g/mol. The van der Waals surface area contributed by atoms with Gasteiger partial charge in [-0.25, -0.2) is 8.78 Å². The smallest absolute Gasteiger partial charge is 0.130 e. The van der Waals surface area contributed by atoms with E-state index in [4.69, 9.17) is 0 Å². The molecule has 0 atom stereocenters. The van der Waals surface area contributed by atoms with Crippen LogP contribution in [0.4, 0.5) is 8.78 Å². The lowest BCUT2D eigenvalue weighted by Crippen LogP contribution is -2.18. The lowest BCUT2D eigenvalue weighted by atomic mass is 9.82. The molecule has 0 unspecified atom stereocenters. The van der Waals surface area contributed by atoms with Crippen LogP contribution < -0.4 is 0 Å². The minimum Gasteiger partial charge on any atom is -0.207 e. The maximum absolute atomic E-state index is 13.4. The normalized spacial score (nSPS) is 11.1. The summed E-state index contributed by atoms with van der Waals surface area (Å²) >= 11 is 0. The van der Waals surface area contributed by atoms with Crippen molar-refractivity contribution in [1.29, 1.82) is 0 Å². The van der Waals surface area contributed by atoms with Crippen LogP contribution in [-0.4, -0.2) is 0 Å². The van der Waals surface area contributed by atoms with Gasteiger partial charge in [0.25, 0.3) is 0 Å². The highest BCUT2D eigenvalue weighted by molar-refractivity contribution is 5.36. The molecule has 0 aliphatic heterocycles. The third-order valence-electron chi connectivity index (χ3n) is 2.35. The predicted molar refractivity (Wildman–Crippen MR) is 54.1 cm³/mol. The van der Waals surface area contributed by atoms with Crippen molar-refractivity contribution >= 4 is 0 Å². The first kappa shape index (κ1) is 10.6. The van der Waals surface area contributed by atoms with E-state index in [1.165, 1.54) is 30.4 Å². The molecule has 1 rings (SSSR count). The molecule has 0 heterocycles. The van der Waals surface area contributed by atoms with Gasteiger partial charge in [-0.15, -0.1) is 13.2 Å². The Labute approximate surface area is 82.6 Å². The van der Waals surface area contributed by atoms with E-state index < -0.39 is 17.0 Å². The summed E-state index contributed by atoms with van der Waals surface area (Å²) in [6, 6.07) is 3.79. The molecule has 1 aromatic carbocycles. The second-order valence-electron chi connectivity index (χ2n) is 3.29. The summed E-state index contributed by atoms with van der Waals surface area (Å²) in [5.41, 5.74) is -0.875. The average Bonchev–Trinajstić information content (AvgIpc) is 2.17. The predicted octanol–water partition coefficient (Wildman–Crippen LogP) is 3.59. The van der Waals surface area contributed by atoms with Crippen molar-refractivity contribution in [2.24, 2.45) is 0 Å². The molecule has 0 aromatic heterocycles. The Balaban J connectivity index is 3.44. The zero-order valence-electron chi connectivity index (χ0n) is 8.06. The molecular formula is C12H12F2. The van der Waals surface area contributed by atoms with E-state index in [0.717, 1.165) is 0 Å². The van der Waals surface area contributed by atoms with Gasteiger partial charge >= 0.3 is 0 Å². The summed E-state index contributed by atoms with van der Waals surface area (Å²) in [6.07, 6.45) is 2.95. The van der Waals surface area contributed by atoms with Crippen LogP contribution in [-0.2, 0) is 5.41 Å². The van der Waals surface area contributed by atoms with Crippen molar-refractivity contribution in [1.82, 2.24) is 0 Å². The Morgan fingerprint density at radius 3 is 1.93 bits per heavy atom. The van der Waals surface area contributed by atoms with Crippen molar-refractivity contribution in [2.45, 2.75) is 12.3 Å². The molecule has 0 saturated heterocycles. The Kier molecular flexibility index (Phi) is 2.84. The quantitative estimate of drug-likeness (QED) is 0.645. The summed E-state index contributed by atoms with van der Waals surface area (Å²) in [7, 11) is 0. The van der Waals surface area contributed by atoms with Gasteiger partial charge in [-0.1, -0.05) is 18.2 Å². The standard InChI is InChI=1S/C12H12F2/c1-4-12(3,5-2)11-9(13)7-6-8-10(11)14/h4-8H,1-2H2,3H3. The van der Waals surface area contributed by atoms with Gasteiger partial charge in [-0.3, -0.25) is 0 Å². The van der Waals surface area contributed by atoms with Crippen molar-refractivity contribution in [2.75, 3.05) is 0 Å². The molecule has 0 fully saturated rings. The van der Waals surface area contributed by atoms with Gasteiger partial charge in [0.2, 0.25) is 0 Å². The molecule has 74 valence electrons. The third kappa shape index (κ3) is 1.60. The Bertz CT molecular complexity index is 338. The fraction of sp³-hybridized carbons (Fsp3) is 0.167. The van der Waals surface area contributed by atoms with E-state index in [-0.39, 0.29) is 5.56 Å². The average molecular weight is 194 g/mol. The van der Waals surface area contributed by atoms with E-state index in [9.17, 15) is 8.78 Å². The summed E-state index contributed by atoms with van der Waals surface area (Å²) in [5, 5.41) is 0. The first-order chi connectivity index (χ1) is 6.55. The van der Waals surface area contributed by atoms with E-state index in [1.807, 2.05) is 0 Å². The number of hydrogen-bond acceptors (Lipinski definition) is 0. The van der Waals surface area contributed by atoms with Gasteiger partial charge in [0.1, 0.15) is 11.6 Å². The molecule has 0 radical (unpaired) electrons. The second-order valence-corrected chi connectivity index (χ2v) is 3.29. The van der Waals surface area contributed by atoms with Gasteiger partial charge in [0.05, 0.1) is 0 Å². The summed E-state index contributed by atoms with van der Waals surface area (Å²) in [4.78, 5) is 0. The van der Waals surface area contributed by atoms with Crippen LogP contribution in [0.15, 0.2) is 43.5 Å². The topological polar surface area (TPSA) is 0 Å². The first-order valence-electron chi connectivity index (χ1n) is 4.27. The monoisotopic (exact) mass is 194 g/mol. The SMILES string of the molecule is C=CC(C)(C=C)c1c(F)cccc1F. The van der Waals surface area contributed by atoms with Crippen LogP contribution in [0.2, 0.25) is 0 Å². The van der Waals surface area contributed by atoms with Crippen LogP contribution in [0.25, 0.3) is 0 Å². The molecule has 0 saturated carbocycles. The van der Waals surface area contributed by atoms with E-state index >= 15 is 0 Å². The van der Waals surface area contributed by atoms with Gasteiger partial charge in [-0.05, 0) is 19.1 Å².